The zero-order chi connectivity index (χ0) is 44.1. The highest BCUT2D eigenvalue weighted by atomic mass is 32.2. The molecule has 10 rings (SSSR count). The van der Waals surface area contributed by atoms with E-state index in [1.54, 1.807) is 72.2 Å². The summed E-state index contributed by atoms with van der Waals surface area (Å²) in [5, 5.41) is 10.1. The van der Waals surface area contributed by atoms with Gasteiger partial charge in [-0.25, -0.2) is 27.1 Å². The lowest BCUT2D eigenvalue weighted by atomic mass is 9.91. The molecule has 4 aromatic heterocycles. The van der Waals surface area contributed by atoms with Gasteiger partial charge >= 0.3 is 11.4 Å². The molecule has 3 atom stereocenters. The van der Waals surface area contributed by atoms with Crippen LogP contribution in [0.2, 0.25) is 0 Å². The number of hydrogen-bond acceptors (Lipinski definition) is 9. The van der Waals surface area contributed by atoms with E-state index in [2.05, 4.69) is 35.3 Å². The number of amides is 1. The lowest BCUT2D eigenvalue weighted by Gasteiger charge is -2.34. The number of halogens is 1. The number of ether oxygens (including phenoxy) is 1. The number of carbonyl (C=O) groups excluding carboxylic acids is 1. The van der Waals surface area contributed by atoms with Gasteiger partial charge in [-0.2, -0.15) is 5.10 Å². The fourth-order valence-corrected chi connectivity index (χ4v) is 10.8. The van der Waals surface area contributed by atoms with Crippen molar-refractivity contribution in [2.45, 2.75) is 76.6 Å². The third-order valence-electron chi connectivity index (χ3n) is 13.3. The van der Waals surface area contributed by atoms with Crippen LogP contribution in [0.25, 0.3) is 28.1 Å². The monoisotopic (exact) mass is 874 g/mol. The van der Waals surface area contributed by atoms with Crippen molar-refractivity contribution in [3.63, 3.8) is 0 Å². The fraction of sp³-hybridized carbons (Fsp3) is 0.370. The van der Waals surface area contributed by atoms with E-state index >= 15 is 9.18 Å². The van der Waals surface area contributed by atoms with Gasteiger partial charge in [0.25, 0.3) is 5.91 Å². The number of carbonyl (C=O) groups is 1. The van der Waals surface area contributed by atoms with Crippen molar-refractivity contribution < 1.29 is 26.9 Å². The second kappa shape index (κ2) is 14.9. The van der Waals surface area contributed by atoms with Crippen molar-refractivity contribution in [2.24, 2.45) is 5.92 Å². The number of hydrogen-bond donors (Lipinski definition) is 1. The highest BCUT2D eigenvalue weighted by Gasteiger charge is 2.59. The molecule has 0 radical (unpaired) electrons. The number of H-pyrrole nitrogens is 1. The first-order chi connectivity index (χ1) is 30.1. The lowest BCUT2D eigenvalue weighted by molar-refractivity contribution is 0.0663. The summed E-state index contributed by atoms with van der Waals surface area (Å²) in [5.41, 5.74) is 5.04. The molecule has 326 valence electrons. The third kappa shape index (κ3) is 6.79. The molecule has 1 saturated carbocycles. The van der Waals surface area contributed by atoms with E-state index in [1.807, 2.05) is 17.6 Å². The number of nitrogens with one attached hydrogen (secondary N) is 1. The molecule has 1 aliphatic carbocycles. The Morgan fingerprint density at radius 3 is 2.30 bits per heavy atom. The van der Waals surface area contributed by atoms with Crippen molar-refractivity contribution in [1.82, 2.24) is 38.5 Å². The first-order valence-electron chi connectivity index (χ1n) is 21.2. The number of aryl methyl sites for hydroxylation is 2. The Labute approximate surface area is 361 Å². The van der Waals surface area contributed by atoms with Gasteiger partial charge < -0.3 is 14.2 Å². The summed E-state index contributed by atoms with van der Waals surface area (Å²) in [4.78, 5) is 46.9. The van der Waals surface area contributed by atoms with Gasteiger partial charge in [0.15, 0.2) is 15.7 Å². The van der Waals surface area contributed by atoms with Gasteiger partial charge in [-0.1, -0.05) is 30.3 Å². The summed E-state index contributed by atoms with van der Waals surface area (Å²) in [6.07, 6.45) is 7.25. The maximum atomic E-state index is 15.4. The molecule has 2 aliphatic heterocycles. The van der Waals surface area contributed by atoms with Crippen LogP contribution in [0.1, 0.15) is 94.9 Å². The highest BCUT2D eigenvalue weighted by molar-refractivity contribution is 7.89. The third-order valence-corrected chi connectivity index (χ3v) is 14.1. The molecular formula is C46H47FN8O7S. The van der Waals surface area contributed by atoms with Gasteiger partial charge in [-0.3, -0.25) is 23.4 Å². The number of aromatic amines is 1. The first kappa shape index (κ1) is 40.7. The molecular weight excluding hydrogens is 828 g/mol. The molecule has 3 aromatic carbocycles. The Morgan fingerprint density at radius 2 is 1.65 bits per heavy atom. The number of benzene rings is 3. The predicted octanol–water partition coefficient (Wildman–Crippen LogP) is 6.18. The Kier molecular flexibility index (Phi) is 9.63. The average Bonchev–Trinajstić information content (AvgIpc) is 3.75. The minimum atomic E-state index is -3.26. The Balaban J connectivity index is 1.10. The van der Waals surface area contributed by atoms with Crippen molar-refractivity contribution >= 4 is 26.6 Å². The first-order valence-corrected chi connectivity index (χ1v) is 23.3. The van der Waals surface area contributed by atoms with Crippen molar-refractivity contribution in [2.75, 3.05) is 26.0 Å². The molecule has 0 bridgehead atoms. The predicted molar refractivity (Wildman–Crippen MR) is 232 cm³/mol. The van der Waals surface area contributed by atoms with Gasteiger partial charge in [0.05, 0.1) is 28.9 Å². The van der Waals surface area contributed by atoms with Crippen molar-refractivity contribution in [3.05, 3.63) is 145 Å². The van der Waals surface area contributed by atoms with Crippen molar-refractivity contribution in [3.8, 4) is 17.2 Å². The van der Waals surface area contributed by atoms with Crippen LogP contribution in [0.15, 0.2) is 87.2 Å². The zero-order valence-corrected chi connectivity index (χ0v) is 36.4. The number of sulfone groups is 1. The largest absolute Gasteiger partial charge is 0.438 e. The van der Waals surface area contributed by atoms with E-state index in [4.69, 9.17) is 14.4 Å². The van der Waals surface area contributed by atoms with E-state index in [9.17, 15) is 18.0 Å². The molecule has 3 unspecified atom stereocenters. The molecule has 63 heavy (non-hydrogen) atoms. The second-order valence-corrected chi connectivity index (χ2v) is 19.7. The number of fused-ring (bicyclic) bond motifs is 2. The van der Waals surface area contributed by atoms with Crippen LogP contribution in [0.5, 0.6) is 0 Å². The molecule has 1 saturated heterocycles. The van der Waals surface area contributed by atoms with E-state index < -0.39 is 32.9 Å². The van der Waals surface area contributed by atoms with Gasteiger partial charge in [0.1, 0.15) is 22.9 Å². The van der Waals surface area contributed by atoms with E-state index in [1.165, 1.54) is 21.0 Å². The quantitative estimate of drug-likeness (QED) is 0.178. The van der Waals surface area contributed by atoms with Crippen LogP contribution in [0.3, 0.4) is 0 Å². The standard InChI is InChI=1S/C46H47FN8O7S/c1-26-20-35(21-27(2)40(26)47)55-41(53-17-16-52(45(53)58)34-9-6-30(7-10-34)25-63(5,59)60)39-29(4)51(15-12-36(39)49-55)42(56)38-23-33-22-32(31-13-18-61-19-14-31)8-11-37(33)54(38)46(24-28(46)3)43-48-44(57)62-50-43/h6-11,16-17,20-23,28-29,31H,12-15,18-19,24-25H2,1-5H3,(H,48,50,57). The summed E-state index contributed by atoms with van der Waals surface area (Å²) in [6, 6.07) is 17.8. The van der Waals surface area contributed by atoms with Gasteiger partial charge in [-0.15, -0.1) is 0 Å². The molecule has 15 nitrogen and oxygen atoms in total. The van der Waals surface area contributed by atoms with Crippen LogP contribution in [0.4, 0.5) is 4.39 Å². The van der Waals surface area contributed by atoms with E-state index in [0.717, 1.165) is 23.7 Å². The summed E-state index contributed by atoms with van der Waals surface area (Å²) in [7, 11) is -3.26. The molecule has 1 amide bonds. The normalized spacial score (nSPS) is 20.4. The number of rotatable bonds is 9. The molecule has 1 N–H and O–H groups in total. The molecule has 6 heterocycles. The van der Waals surface area contributed by atoms with Crippen LogP contribution >= 0.6 is 0 Å². The topological polar surface area (TPSA) is 172 Å². The molecule has 3 aliphatic rings. The minimum absolute atomic E-state index is 0.0141. The fourth-order valence-electron chi connectivity index (χ4n) is 10.0. The zero-order valence-electron chi connectivity index (χ0n) is 35.6. The summed E-state index contributed by atoms with van der Waals surface area (Å²) >= 11 is 0. The SMILES string of the molecule is Cc1cc(-n2nc3c(c2-n2ccn(-c4ccc(CS(C)(=O)=O)cc4)c2=O)C(C)N(C(=O)c2cc4cc(C5CCOCC5)ccc4n2C2(c4noc(=O)[nH]4)CC2C)CC3)cc(C)c1F. The average molecular weight is 875 g/mol. The maximum Gasteiger partial charge on any atom is 0.438 e. The van der Waals surface area contributed by atoms with Gasteiger partial charge in [-0.05, 0) is 117 Å². The Morgan fingerprint density at radius 1 is 0.952 bits per heavy atom. The maximum absolute atomic E-state index is 15.4. The van der Waals surface area contributed by atoms with E-state index in [0.29, 0.717) is 95.2 Å². The highest BCUT2D eigenvalue weighted by Crippen LogP contribution is 2.56. The smallest absolute Gasteiger partial charge is 0.381 e. The number of nitrogens with zero attached hydrogens (tertiary/aromatic N) is 7. The second-order valence-electron chi connectivity index (χ2n) is 17.5. The Hall–Kier alpha value is -6.33. The van der Waals surface area contributed by atoms with Crippen LogP contribution in [-0.4, -0.2) is 78.9 Å². The van der Waals surface area contributed by atoms with Gasteiger partial charge in [0, 0.05) is 61.3 Å². The van der Waals surface area contributed by atoms with Gasteiger partial charge in [0.2, 0.25) is 0 Å². The Bertz CT molecular complexity index is 3180. The molecule has 2 fully saturated rings. The number of imidazole rings is 1. The molecule has 7 aromatic rings. The number of aromatic nitrogens is 7. The summed E-state index contributed by atoms with van der Waals surface area (Å²) in [5.74, 6) is -0.270. The van der Waals surface area contributed by atoms with Crippen LogP contribution < -0.4 is 11.4 Å². The van der Waals surface area contributed by atoms with Crippen LogP contribution in [-0.2, 0) is 32.3 Å². The summed E-state index contributed by atoms with van der Waals surface area (Å²) < 4.78 is 56.3. The van der Waals surface area contributed by atoms with Crippen LogP contribution in [0, 0.1) is 25.6 Å². The minimum Gasteiger partial charge on any atom is -0.381 e. The summed E-state index contributed by atoms with van der Waals surface area (Å²) in [6.45, 7) is 9.06. The molecule has 0 spiro atoms. The molecule has 17 heteroatoms. The lowest BCUT2D eigenvalue weighted by Crippen LogP contribution is -2.41. The van der Waals surface area contributed by atoms with Crippen molar-refractivity contribution in [1.29, 1.82) is 0 Å². The van der Waals surface area contributed by atoms with E-state index in [-0.39, 0.29) is 23.4 Å².